The minimum absolute atomic E-state index is 0.0120. The van der Waals surface area contributed by atoms with Gasteiger partial charge >= 0.3 is 0 Å². The van der Waals surface area contributed by atoms with E-state index in [-0.39, 0.29) is 29.0 Å². The highest BCUT2D eigenvalue weighted by atomic mass is 16.3. The minimum Gasteiger partial charge on any atom is -0.393 e. The first-order chi connectivity index (χ1) is 12.7. The number of allylic oxidation sites excluding steroid dienone is 4. The van der Waals surface area contributed by atoms with Crippen LogP contribution in [0.25, 0.3) is 0 Å². The highest BCUT2D eigenvalue weighted by molar-refractivity contribution is 6.01. The summed E-state index contributed by atoms with van der Waals surface area (Å²) in [5, 5.41) is 32.1. The zero-order valence-corrected chi connectivity index (χ0v) is 16.1. The van der Waals surface area contributed by atoms with Crippen molar-refractivity contribution < 1.29 is 24.9 Å². The molecular weight excluding hydrogens is 344 g/mol. The Bertz CT molecular complexity index is 739. The highest BCUT2D eigenvalue weighted by Gasteiger charge is 2.69. The van der Waals surface area contributed by atoms with Crippen LogP contribution in [0.3, 0.4) is 0 Å². The molecule has 0 radical (unpaired) electrons. The summed E-state index contributed by atoms with van der Waals surface area (Å²) in [4.78, 5) is 24.4. The monoisotopic (exact) mass is 374 g/mol. The predicted octanol–water partition coefficient (Wildman–Crippen LogP) is 1.95. The molecule has 3 fully saturated rings. The molecule has 0 aromatic carbocycles. The molecule has 4 aliphatic carbocycles. The summed E-state index contributed by atoms with van der Waals surface area (Å²) in [6.07, 6.45) is 8.37. The van der Waals surface area contributed by atoms with Gasteiger partial charge in [-0.15, -0.1) is 0 Å². The molecule has 0 spiro atoms. The van der Waals surface area contributed by atoms with Crippen molar-refractivity contribution in [2.24, 2.45) is 28.6 Å². The van der Waals surface area contributed by atoms with Gasteiger partial charge in [0.25, 0.3) is 0 Å². The molecule has 3 saturated carbocycles. The molecular formula is C22H30O5. The van der Waals surface area contributed by atoms with E-state index in [1.807, 2.05) is 13.0 Å². The van der Waals surface area contributed by atoms with Crippen LogP contribution in [0.4, 0.5) is 0 Å². The summed E-state index contributed by atoms with van der Waals surface area (Å²) in [7, 11) is 0. The number of aliphatic hydroxyl groups excluding tert-OH is 2. The maximum absolute atomic E-state index is 12.5. The molecule has 5 heteroatoms. The molecule has 0 aromatic rings. The standard InChI is InChI=1S/C22H30O5/c1-3-21-11-17(25)19-15(16(21)7-9-22(21,27)18(26)12-23)5-4-13-10-14(24)6-8-20(13,19)2/h6,8,10,15-17,19,23,25,27H,3-5,7,9,11-12H2,1-2H3. The summed E-state index contributed by atoms with van der Waals surface area (Å²) in [5.74, 6) is -0.186. The van der Waals surface area contributed by atoms with E-state index in [4.69, 9.17) is 0 Å². The molecule has 0 saturated heterocycles. The maximum Gasteiger partial charge on any atom is 0.190 e. The van der Waals surface area contributed by atoms with Crippen molar-refractivity contribution in [3.05, 3.63) is 23.8 Å². The Hall–Kier alpha value is -1.30. The summed E-state index contributed by atoms with van der Waals surface area (Å²) >= 11 is 0. The smallest absolute Gasteiger partial charge is 0.190 e. The molecule has 7 unspecified atom stereocenters. The van der Waals surface area contributed by atoms with Crippen LogP contribution in [0.5, 0.6) is 0 Å². The minimum atomic E-state index is -1.55. The van der Waals surface area contributed by atoms with E-state index >= 15 is 0 Å². The van der Waals surface area contributed by atoms with Crippen LogP contribution >= 0.6 is 0 Å². The number of fused-ring (bicyclic) bond motifs is 5. The quantitative estimate of drug-likeness (QED) is 0.702. The molecule has 0 amide bonds. The number of carbonyl (C=O) groups excluding carboxylic acids is 2. The van der Waals surface area contributed by atoms with Crippen molar-refractivity contribution in [3.8, 4) is 0 Å². The largest absolute Gasteiger partial charge is 0.393 e. The van der Waals surface area contributed by atoms with Gasteiger partial charge in [0.15, 0.2) is 11.6 Å². The van der Waals surface area contributed by atoms with Gasteiger partial charge in [-0.25, -0.2) is 0 Å². The van der Waals surface area contributed by atoms with Crippen LogP contribution in [0.2, 0.25) is 0 Å². The van der Waals surface area contributed by atoms with Gasteiger partial charge in [0.2, 0.25) is 0 Å². The number of aliphatic hydroxyl groups is 3. The molecule has 0 bridgehead atoms. The van der Waals surface area contributed by atoms with Gasteiger partial charge in [-0.2, -0.15) is 0 Å². The van der Waals surface area contributed by atoms with E-state index in [1.165, 1.54) is 0 Å². The second kappa shape index (κ2) is 6.10. The average molecular weight is 374 g/mol. The Labute approximate surface area is 160 Å². The number of rotatable bonds is 3. The van der Waals surface area contributed by atoms with Gasteiger partial charge < -0.3 is 15.3 Å². The van der Waals surface area contributed by atoms with Crippen LogP contribution in [0.1, 0.15) is 52.4 Å². The fraction of sp³-hybridized carbons (Fsp3) is 0.727. The van der Waals surface area contributed by atoms with Crippen molar-refractivity contribution in [2.45, 2.75) is 64.1 Å². The van der Waals surface area contributed by atoms with Crippen LogP contribution in [-0.2, 0) is 9.59 Å². The summed E-state index contributed by atoms with van der Waals surface area (Å²) in [5.41, 5.74) is -1.49. The summed E-state index contributed by atoms with van der Waals surface area (Å²) < 4.78 is 0. The lowest BCUT2D eigenvalue weighted by atomic mass is 9.45. The Morgan fingerprint density at radius 3 is 2.74 bits per heavy atom. The molecule has 5 nitrogen and oxygen atoms in total. The van der Waals surface area contributed by atoms with Crippen LogP contribution in [0.15, 0.2) is 23.8 Å². The summed E-state index contributed by atoms with van der Waals surface area (Å²) in [6, 6.07) is 0. The van der Waals surface area contributed by atoms with E-state index < -0.39 is 29.5 Å². The van der Waals surface area contributed by atoms with Gasteiger partial charge in [-0.05, 0) is 62.5 Å². The SMILES string of the molecule is CCC12CC(O)C3C(CCC4=CC(=O)C=CC43C)C1CCC2(O)C(=O)CO. The molecule has 27 heavy (non-hydrogen) atoms. The van der Waals surface area contributed by atoms with Crippen LogP contribution in [-0.4, -0.2) is 45.2 Å². The predicted molar refractivity (Wildman–Crippen MR) is 99.7 cm³/mol. The Balaban J connectivity index is 1.77. The lowest BCUT2D eigenvalue weighted by Gasteiger charge is -2.60. The average Bonchev–Trinajstić information content (AvgIpc) is 2.95. The maximum atomic E-state index is 12.5. The first-order valence-electron chi connectivity index (χ1n) is 10.2. The van der Waals surface area contributed by atoms with Gasteiger partial charge in [-0.1, -0.05) is 25.5 Å². The fourth-order valence-corrected chi connectivity index (χ4v) is 7.37. The molecule has 0 aliphatic heterocycles. The normalized spacial score (nSPS) is 48.5. The lowest BCUT2D eigenvalue weighted by molar-refractivity contribution is -0.184. The first kappa shape index (κ1) is 19.0. The van der Waals surface area contributed by atoms with Crippen LogP contribution in [0, 0.1) is 28.6 Å². The number of hydrogen-bond acceptors (Lipinski definition) is 5. The van der Waals surface area contributed by atoms with Crippen molar-refractivity contribution in [1.82, 2.24) is 0 Å². The van der Waals surface area contributed by atoms with Crippen molar-refractivity contribution in [2.75, 3.05) is 6.61 Å². The third-order valence-electron chi connectivity index (χ3n) is 8.59. The van der Waals surface area contributed by atoms with Gasteiger partial charge in [0.1, 0.15) is 12.2 Å². The first-order valence-corrected chi connectivity index (χ1v) is 10.2. The number of Topliss-reactive ketones (excluding diaryl/α,β-unsaturated/α-hetero) is 1. The Kier molecular flexibility index (Phi) is 4.30. The van der Waals surface area contributed by atoms with Gasteiger partial charge in [0, 0.05) is 16.7 Å². The number of hydrogen-bond donors (Lipinski definition) is 3. The number of carbonyl (C=O) groups is 2. The molecule has 0 heterocycles. The second-order valence-corrected chi connectivity index (χ2v) is 9.28. The van der Waals surface area contributed by atoms with E-state index in [1.54, 1.807) is 12.2 Å². The second-order valence-electron chi connectivity index (χ2n) is 9.28. The highest BCUT2D eigenvalue weighted by Crippen LogP contribution is 2.68. The molecule has 4 aliphatic rings. The van der Waals surface area contributed by atoms with Crippen molar-refractivity contribution in [1.29, 1.82) is 0 Å². The molecule has 7 atom stereocenters. The van der Waals surface area contributed by atoms with E-state index in [9.17, 15) is 24.9 Å². The van der Waals surface area contributed by atoms with Crippen molar-refractivity contribution in [3.63, 3.8) is 0 Å². The van der Waals surface area contributed by atoms with Crippen molar-refractivity contribution >= 4 is 11.6 Å². The molecule has 0 aromatic heterocycles. The van der Waals surface area contributed by atoms with Crippen LogP contribution < -0.4 is 0 Å². The molecule has 4 rings (SSSR count). The Morgan fingerprint density at radius 2 is 2.07 bits per heavy atom. The summed E-state index contributed by atoms with van der Waals surface area (Å²) in [6.45, 7) is 3.43. The molecule has 3 N–H and O–H groups in total. The fourth-order valence-electron chi connectivity index (χ4n) is 7.37. The zero-order chi connectivity index (χ0) is 19.6. The van der Waals surface area contributed by atoms with E-state index in [2.05, 4.69) is 6.92 Å². The van der Waals surface area contributed by atoms with Gasteiger partial charge in [0.05, 0.1) is 6.10 Å². The lowest BCUT2D eigenvalue weighted by Crippen LogP contribution is -2.62. The van der Waals surface area contributed by atoms with E-state index in [0.717, 1.165) is 24.8 Å². The topological polar surface area (TPSA) is 94.8 Å². The van der Waals surface area contributed by atoms with Gasteiger partial charge in [-0.3, -0.25) is 9.59 Å². The molecule has 148 valence electrons. The third-order valence-corrected chi connectivity index (χ3v) is 8.59. The third kappa shape index (κ3) is 2.28. The Morgan fingerprint density at radius 1 is 1.33 bits per heavy atom. The zero-order valence-electron chi connectivity index (χ0n) is 16.1. The number of ketones is 2. The van der Waals surface area contributed by atoms with E-state index in [0.29, 0.717) is 19.3 Å².